The maximum atomic E-state index is 11.4. The SMILES string of the molecule is CCCN(CC(=O)O)Cc1cc(C#N)c2oc(-c3cccc(-c4cccc(Nc5nccc6cc(CNC)cnc56)c4C)c3C)nc2c1. The van der Waals surface area contributed by atoms with Gasteiger partial charge in [-0.05, 0) is 104 Å². The Kier molecular flexibility index (Phi) is 9.43. The first kappa shape index (κ1) is 32.3. The van der Waals surface area contributed by atoms with Gasteiger partial charge in [0.2, 0.25) is 5.89 Å². The lowest BCUT2D eigenvalue weighted by Crippen LogP contribution is -2.30. The van der Waals surface area contributed by atoms with Crippen molar-refractivity contribution in [2.45, 2.75) is 40.3 Å². The number of nitriles is 1. The zero-order valence-corrected chi connectivity index (χ0v) is 27.5. The molecule has 0 unspecified atom stereocenters. The number of nitrogens with one attached hydrogen (secondary N) is 2. The van der Waals surface area contributed by atoms with Gasteiger partial charge in [0.25, 0.3) is 0 Å². The van der Waals surface area contributed by atoms with E-state index in [1.54, 1.807) is 12.3 Å². The topological polar surface area (TPSA) is 140 Å². The highest BCUT2D eigenvalue weighted by molar-refractivity contribution is 5.91. The Labute approximate surface area is 279 Å². The first-order valence-corrected chi connectivity index (χ1v) is 15.9. The van der Waals surface area contributed by atoms with Crippen LogP contribution in [0.1, 0.15) is 41.2 Å². The largest absolute Gasteiger partial charge is 0.480 e. The van der Waals surface area contributed by atoms with Crippen LogP contribution in [-0.4, -0.2) is 51.1 Å². The van der Waals surface area contributed by atoms with Gasteiger partial charge < -0.3 is 20.2 Å². The van der Waals surface area contributed by atoms with Gasteiger partial charge in [-0.3, -0.25) is 14.7 Å². The number of rotatable bonds is 12. The molecule has 0 atom stereocenters. The van der Waals surface area contributed by atoms with Gasteiger partial charge in [0.15, 0.2) is 11.4 Å². The average molecular weight is 640 g/mol. The Morgan fingerprint density at radius 2 is 1.77 bits per heavy atom. The van der Waals surface area contributed by atoms with E-state index in [1.807, 2.05) is 68.4 Å². The lowest BCUT2D eigenvalue weighted by atomic mass is 9.93. The smallest absolute Gasteiger partial charge is 0.317 e. The number of oxazole rings is 1. The number of carbonyl (C=O) groups is 1. The molecule has 242 valence electrons. The van der Waals surface area contributed by atoms with E-state index in [0.717, 1.165) is 68.5 Å². The number of nitrogens with zero attached hydrogens (tertiary/aromatic N) is 5. The van der Waals surface area contributed by atoms with Crippen LogP contribution in [0.15, 0.2) is 77.5 Å². The van der Waals surface area contributed by atoms with Crippen molar-refractivity contribution in [2.24, 2.45) is 0 Å². The number of anilines is 2. The van der Waals surface area contributed by atoms with E-state index in [-0.39, 0.29) is 6.54 Å². The molecular weight excluding hydrogens is 602 g/mol. The normalized spacial score (nSPS) is 11.3. The maximum absolute atomic E-state index is 11.4. The van der Waals surface area contributed by atoms with Gasteiger partial charge in [0.05, 0.1) is 12.1 Å². The summed E-state index contributed by atoms with van der Waals surface area (Å²) >= 11 is 0. The Hall–Kier alpha value is -5.63. The molecule has 0 amide bonds. The van der Waals surface area contributed by atoms with Crippen molar-refractivity contribution in [3.8, 4) is 28.7 Å². The van der Waals surface area contributed by atoms with Gasteiger partial charge in [-0.15, -0.1) is 0 Å². The molecule has 3 N–H and O–H groups in total. The Morgan fingerprint density at radius 3 is 2.52 bits per heavy atom. The molecule has 0 radical (unpaired) electrons. The Balaban J connectivity index is 1.34. The predicted octanol–water partition coefficient (Wildman–Crippen LogP) is 7.35. The van der Waals surface area contributed by atoms with Gasteiger partial charge >= 0.3 is 5.97 Å². The maximum Gasteiger partial charge on any atom is 0.317 e. The number of benzene rings is 3. The third-order valence-electron chi connectivity index (χ3n) is 8.45. The minimum atomic E-state index is -0.887. The lowest BCUT2D eigenvalue weighted by molar-refractivity contribution is -0.138. The van der Waals surface area contributed by atoms with Crippen molar-refractivity contribution in [2.75, 3.05) is 25.5 Å². The molecular formula is C38H37N7O3. The summed E-state index contributed by atoms with van der Waals surface area (Å²) in [6.45, 7) is 7.83. The molecule has 0 aliphatic rings. The number of carboxylic acid groups (broad SMARTS) is 1. The van der Waals surface area contributed by atoms with Crippen molar-refractivity contribution in [1.82, 2.24) is 25.2 Å². The standard InChI is InChI=1S/C38H37N7O3/c1-5-14-45(22-34(46)47)21-25-15-28(18-39)36-33(17-25)44-38(48-36)31-10-6-8-29(23(31)2)30-9-7-11-32(24(30)3)43-37-35-27(12-13-41-37)16-26(19-40-4)20-42-35/h6-13,15-17,20,40H,5,14,19,21-22H2,1-4H3,(H,41,43)(H,46,47). The third-order valence-corrected chi connectivity index (χ3v) is 8.45. The minimum Gasteiger partial charge on any atom is -0.480 e. The van der Waals surface area contributed by atoms with E-state index < -0.39 is 5.97 Å². The summed E-state index contributed by atoms with van der Waals surface area (Å²) in [4.78, 5) is 27.4. The van der Waals surface area contributed by atoms with E-state index in [4.69, 9.17) is 14.4 Å². The fourth-order valence-corrected chi connectivity index (χ4v) is 6.21. The summed E-state index contributed by atoms with van der Waals surface area (Å²) in [5, 5.41) is 27.0. The van der Waals surface area contributed by atoms with Crippen molar-refractivity contribution >= 4 is 39.5 Å². The summed E-state index contributed by atoms with van der Waals surface area (Å²) in [6.07, 6.45) is 4.48. The number of hydrogen-bond donors (Lipinski definition) is 3. The van der Waals surface area contributed by atoms with Crippen molar-refractivity contribution in [1.29, 1.82) is 5.26 Å². The molecule has 0 bridgehead atoms. The van der Waals surface area contributed by atoms with Crippen LogP contribution in [0.2, 0.25) is 0 Å². The molecule has 3 aromatic heterocycles. The highest BCUT2D eigenvalue weighted by Crippen LogP contribution is 2.37. The van der Waals surface area contributed by atoms with Crippen LogP contribution in [0.4, 0.5) is 11.5 Å². The second-order valence-electron chi connectivity index (χ2n) is 11.9. The van der Waals surface area contributed by atoms with E-state index in [2.05, 4.69) is 46.8 Å². The molecule has 0 spiro atoms. The van der Waals surface area contributed by atoms with Gasteiger partial charge in [0.1, 0.15) is 17.1 Å². The van der Waals surface area contributed by atoms with Crippen LogP contribution < -0.4 is 10.6 Å². The predicted molar refractivity (Wildman–Crippen MR) is 188 cm³/mol. The highest BCUT2D eigenvalue weighted by atomic mass is 16.4. The molecule has 6 aromatic rings. The number of fused-ring (bicyclic) bond motifs is 2. The number of carboxylic acids is 1. The molecule has 3 heterocycles. The fraction of sp³-hybridized carbons (Fsp3) is 0.237. The first-order chi connectivity index (χ1) is 23.3. The quantitative estimate of drug-likeness (QED) is 0.124. The van der Waals surface area contributed by atoms with E-state index in [9.17, 15) is 15.2 Å². The monoisotopic (exact) mass is 639 g/mol. The third kappa shape index (κ3) is 6.60. The van der Waals surface area contributed by atoms with Crippen LogP contribution in [0, 0.1) is 25.2 Å². The Morgan fingerprint density at radius 1 is 1.00 bits per heavy atom. The first-order valence-electron chi connectivity index (χ1n) is 15.9. The molecule has 10 heteroatoms. The van der Waals surface area contributed by atoms with Gasteiger partial charge in [-0.1, -0.05) is 31.2 Å². The van der Waals surface area contributed by atoms with E-state index >= 15 is 0 Å². The van der Waals surface area contributed by atoms with Crippen LogP contribution >= 0.6 is 0 Å². The number of aromatic nitrogens is 3. The van der Waals surface area contributed by atoms with E-state index in [1.165, 1.54) is 0 Å². The number of pyridine rings is 2. The number of aliphatic carboxylic acids is 1. The average Bonchev–Trinajstić information content (AvgIpc) is 3.49. The van der Waals surface area contributed by atoms with Gasteiger partial charge in [-0.25, -0.2) is 9.97 Å². The van der Waals surface area contributed by atoms with Crippen LogP contribution in [-0.2, 0) is 17.9 Å². The summed E-state index contributed by atoms with van der Waals surface area (Å²) in [5.41, 5.74) is 9.93. The van der Waals surface area contributed by atoms with Gasteiger partial charge in [0, 0.05) is 42.1 Å². The van der Waals surface area contributed by atoms with Crippen LogP contribution in [0.5, 0.6) is 0 Å². The Bertz CT molecular complexity index is 2180. The number of hydrogen-bond acceptors (Lipinski definition) is 9. The van der Waals surface area contributed by atoms with Gasteiger partial charge in [-0.2, -0.15) is 5.26 Å². The molecule has 48 heavy (non-hydrogen) atoms. The van der Waals surface area contributed by atoms with Crippen molar-refractivity contribution < 1.29 is 14.3 Å². The zero-order valence-electron chi connectivity index (χ0n) is 27.5. The van der Waals surface area contributed by atoms with E-state index in [0.29, 0.717) is 41.5 Å². The molecule has 0 fully saturated rings. The second-order valence-corrected chi connectivity index (χ2v) is 11.9. The molecule has 0 aliphatic carbocycles. The van der Waals surface area contributed by atoms with Crippen LogP contribution in [0.3, 0.4) is 0 Å². The lowest BCUT2D eigenvalue weighted by Gasteiger charge is -2.19. The molecule has 6 rings (SSSR count). The molecule has 0 saturated carbocycles. The molecule has 0 aliphatic heterocycles. The summed E-state index contributed by atoms with van der Waals surface area (Å²) < 4.78 is 6.24. The summed E-state index contributed by atoms with van der Waals surface area (Å²) in [6, 6.07) is 22.2. The summed E-state index contributed by atoms with van der Waals surface area (Å²) in [7, 11) is 1.92. The van der Waals surface area contributed by atoms with Crippen molar-refractivity contribution in [3.63, 3.8) is 0 Å². The molecule has 3 aromatic carbocycles. The summed E-state index contributed by atoms with van der Waals surface area (Å²) in [5.74, 6) is 0.223. The fourth-order valence-electron chi connectivity index (χ4n) is 6.21. The molecule has 10 nitrogen and oxygen atoms in total. The minimum absolute atomic E-state index is 0.0763. The zero-order chi connectivity index (χ0) is 33.8. The van der Waals surface area contributed by atoms with Crippen LogP contribution in [0.25, 0.3) is 44.6 Å². The van der Waals surface area contributed by atoms with Crippen molar-refractivity contribution in [3.05, 3.63) is 101 Å². The highest BCUT2D eigenvalue weighted by Gasteiger charge is 2.19. The molecule has 0 saturated heterocycles. The second kappa shape index (κ2) is 14.0.